The maximum Gasteiger partial charge on any atom is 0.207 e. The lowest BCUT2D eigenvalue weighted by molar-refractivity contribution is 0.594. The predicted molar refractivity (Wildman–Crippen MR) is 126 cm³/mol. The Hall–Kier alpha value is -3.57. The van der Waals surface area contributed by atoms with E-state index in [1.165, 1.54) is 0 Å². The molecular weight excluding hydrogens is 404 g/mol. The van der Waals surface area contributed by atoms with Crippen molar-refractivity contribution in [1.82, 2.24) is 0 Å². The number of hydrogen-bond donors (Lipinski definition) is 2. The van der Waals surface area contributed by atoms with Crippen LogP contribution in [0.3, 0.4) is 0 Å². The molecule has 4 aromatic carbocycles. The normalized spacial score (nSPS) is 11.4. The minimum absolute atomic E-state index is 0.330. The molecule has 0 aliphatic carbocycles. The van der Waals surface area contributed by atoms with Crippen LogP contribution in [0, 0.1) is 0 Å². The maximum atomic E-state index is 13.7. The van der Waals surface area contributed by atoms with Crippen LogP contribution in [0.25, 0.3) is 0 Å². The zero-order chi connectivity index (χ0) is 21.8. The molecule has 0 heterocycles. The number of rotatable bonds is 6. The molecule has 4 aromatic rings. The van der Waals surface area contributed by atoms with E-state index in [-0.39, 0.29) is 0 Å². The smallest absolute Gasteiger partial charge is 0.207 e. The van der Waals surface area contributed by atoms with E-state index in [1.807, 2.05) is 72.8 Å². The SMILES string of the molecule is Nc1ccc(Cc2ccccc2S(=O)(=O)c2ccccc2Cc2ccc(N)cc2)cc1. The fraction of sp³-hybridized carbons (Fsp3) is 0.0769. The topological polar surface area (TPSA) is 86.2 Å². The first kappa shape index (κ1) is 20.7. The van der Waals surface area contributed by atoms with Gasteiger partial charge in [0.2, 0.25) is 9.84 Å². The van der Waals surface area contributed by atoms with Crippen molar-refractivity contribution in [3.63, 3.8) is 0 Å². The van der Waals surface area contributed by atoms with Crippen molar-refractivity contribution in [2.45, 2.75) is 22.6 Å². The molecule has 31 heavy (non-hydrogen) atoms. The number of benzene rings is 4. The zero-order valence-corrected chi connectivity index (χ0v) is 17.8. The molecule has 0 saturated heterocycles. The first-order valence-corrected chi connectivity index (χ1v) is 11.5. The van der Waals surface area contributed by atoms with Crippen molar-refractivity contribution in [2.24, 2.45) is 0 Å². The van der Waals surface area contributed by atoms with Gasteiger partial charge >= 0.3 is 0 Å². The Morgan fingerprint density at radius 3 is 1.26 bits per heavy atom. The summed E-state index contributed by atoms with van der Waals surface area (Å²) in [6, 6.07) is 29.4. The van der Waals surface area contributed by atoms with Gasteiger partial charge in [-0.1, -0.05) is 60.7 Å². The highest BCUT2D eigenvalue weighted by Crippen LogP contribution is 2.29. The lowest BCUT2D eigenvalue weighted by Gasteiger charge is -2.14. The average molecular weight is 429 g/mol. The van der Waals surface area contributed by atoms with Gasteiger partial charge in [0.15, 0.2) is 0 Å². The summed E-state index contributed by atoms with van der Waals surface area (Å²) in [5, 5.41) is 0. The highest BCUT2D eigenvalue weighted by atomic mass is 32.2. The lowest BCUT2D eigenvalue weighted by Crippen LogP contribution is -2.09. The highest BCUT2D eigenvalue weighted by molar-refractivity contribution is 7.91. The van der Waals surface area contributed by atoms with Gasteiger partial charge in [-0.3, -0.25) is 0 Å². The Morgan fingerprint density at radius 2 is 0.871 bits per heavy atom. The zero-order valence-electron chi connectivity index (χ0n) is 17.0. The predicted octanol–water partition coefficient (Wildman–Crippen LogP) is 4.87. The number of nitrogen functional groups attached to an aromatic ring is 2. The Balaban J connectivity index is 1.73. The lowest BCUT2D eigenvalue weighted by atomic mass is 10.0. The molecule has 0 aliphatic heterocycles. The Kier molecular flexibility index (Phi) is 5.78. The quantitative estimate of drug-likeness (QED) is 0.429. The molecule has 0 unspecified atom stereocenters. The largest absolute Gasteiger partial charge is 0.399 e. The second kappa shape index (κ2) is 8.66. The third-order valence-corrected chi connectivity index (χ3v) is 7.23. The van der Waals surface area contributed by atoms with E-state index < -0.39 is 9.84 Å². The number of anilines is 2. The van der Waals surface area contributed by atoms with Crippen LogP contribution in [-0.2, 0) is 22.7 Å². The third-order valence-electron chi connectivity index (χ3n) is 5.27. The van der Waals surface area contributed by atoms with Crippen LogP contribution in [0.1, 0.15) is 22.3 Å². The third kappa shape index (κ3) is 4.62. The standard InChI is InChI=1S/C26H24N2O2S/c27-23-13-9-19(10-14-23)17-21-5-1-3-7-25(21)31(29,30)26-8-4-2-6-22(26)18-20-11-15-24(28)16-12-20/h1-16H,17-18,27-28H2. The summed E-state index contributed by atoms with van der Waals surface area (Å²) in [7, 11) is -3.71. The van der Waals surface area contributed by atoms with Crippen LogP contribution >= 0.6 is 0 Å². The van der Waals surface area contributed by atoms with Gasteiger partial charge in [-0.25, -0.2) is 8.42 Å². The Bertz CT molecular complexity index is 1200. The number of sulfone groups is 1. The summed E-state index contributed by atoms with van der Waals surface area (Å²) in [4.78, 5) is 0.660. The van der Waals surface area contributed by atoms with Gasteiger partial charge in [0.25, 0.3) is 0 Å². The van der Waals surface area contributed by atoms with Crippen molar-refractivity contribution < 1.29 is 8.42 Å². The van der Waals surface area contributed by atoms with E-state index in [0.717, 1.165) is 22.3 Å². The van der Waals surface area contributed by atoms with E-state index in [0.29, 0.717) is 34.0 Å². The molecule has 0 radical (unpaired) electrons. The maximum absolute atomic E-state index is 13.7. The molecule has 4 nitrogen and oxygen atoms in total. The van der Waals surface area contributed by atoms with Crippen molar-refractivity contribution in [3.05, 3.63) is 119 Å². The highest BCUT2D eigenvalue weighted by Gasteiger charge is 2.24. The molecule has 0 atom stereocenters. The van der Waals surface area contributed by atoms with Gasteiger partial charge in [-0.05, 0) is 71.5 Å². The van der Waals surface area contributed by atoms with Gasteiger partial charge < -0.3 is 11.5 Å². The van der Waals surface area contributed by atoms with Gasteiger partial charge in [0.1, 0.15) is 0 Å². The molecule has 5 heteroatoms. The molecule has 0 amide bonds. The van der Waals surface area contributed by atoms with Crippen LogP contribution in [0.4, 0.5) is 11.4 Å². The number of hydrogen-bond acceptors (Lipinski definition) is 4. The minimum atomic E-state index is -3.71. The monoisotopic (exact) mass is 428 g/mol. The molecule has 0 spiro atoms. The summed E-state index contributed by atoms with van der Waals surface area (Å²) in [6.45, 7) is 0. The molecule has 0 aromatic heterocycles. The van der Waals surface area contributed by atoms with Crippen LogP contribution in [0.2, 0.25) is 0 Å². The summed E-state index contributed by atoms with van der Waals surface area (Å²) >= 11 is 0. The molecule has 156 valence electrons. The van der Waals surface area contributed by atoms with Gasteiger partial charge in [-0.2, -0.15) is 0 Å². The molecule has 0 bridgehead atoms. The molecular formula is C26H24N2O2S. The second-order valence-electron chi connectivity index (χ2n) is 7.56. The van der Waals surface area contributed by atoms with Gasteiger partial charge in [0.05, 0.1) is 9.79 Å². The van der Waals surface area contributed by atoms with E-state index in [4.69, 9.17) is 11.5 Å². The van der Waals surface area contributed by atoms with E-state index in [2.05, 4.69) is 0 Å². The first-order chi connectivity index (χ1) is 14.9. The number of nitrogens with two attached hydrogens (primary N) is 2. The first-order valence-electron chi connectivity index (χ1n) is 10.0. The Morgan fingerprint density at radius 1 is 0.516 bits per heavy atom. The average Bonchev–Trinajstić information content (AvgIpc) is 2.77. The summed E-state index contributed by atoms with van der Waals surface area (Å²) in [5.41, 5.74) is 16.5. The van der Waals surface area contributed by atoms with Gasteiger partial charge in [-0.15, -0.1) is 0 Å². The summed E-state index contributed by atoms with van der Waals surface area (Å²) in [5.74, 6) is 0. The fourth-order valence-corrected chi connectivity index (χ4v) is 5.38. The van der Waals surface area contributed by atoms with Crippen molar-refractivity contribution in [3.8, 4) is 0 Å². The van der Waals surface area contributed by atoms with E-state index >= 15 is 0 Å². The Labute approximate surface area is 183 Å². The molecule has 0 aliphatic rings. The van der Waals surface area contributed by atoms with Crippen LogP contribution in [0.15, 0.2) is 107 Å². The van der Waals surface area contributed by atoms with Crippen molar-refractivity contribution in [2.75, 3.05) is 11.5 Å². The van der Waals surface area contributed by atoms with E-state index in [1.54, 1.807) is 24.3 Å². The summed E-state index contributed by atoms with van der Waals surface area (Å²) < 4.78 is 27.4. The molecule has 0 fully saturated rings. The molecule has 4 N–H and O–H groups in total. The van der Waals surface area contributed by atoms with Crippen LogP contribution in [0.5, 0.6) is 0 Å². The van der Waals surface area contributed by atoms with Crippen LogP contribution < -0.4 is 11.5 Å². The van der Waals surface area contributed by atoms with E-state index in [9.17, 15) is 8.42 Å². The van der Waals surface area contributed by atoms with Crippen LogP contribution in [-0.4, -0.2) is 8.42 Å². The second-order valence-corrected chi connectivity index (χ2v) is 9.44. The summed E-state index contributed by atoms with van der Waals surface area (Å²) in [6.07, 6.45) is 1.02. The van der Waals surface area contributed by atoms with Crippen molar-refractivity contribution >= 4 is 21.2 Å². The minimum Gasteiger partial charge on any atom is -0.399 e. The van der Waals surface area contributed by atoms with Crippen molar-refractivity contribution in [1.29, 1.82) is 0 Å². The molecule has 0 saturated carbocycles. The van der Waals surface area contributed by atoms with Gasteiger partial charge in [0, 0.05) is 11.4 Å². The molecule has 4 rings (SSSR count). The fourth-order valence-electron chi connectivity index (χ4n) is 3.65.